The summed E-state index contributed by atoms with van der Waals surface area (Å²) in [5.74, 6) is -1.51. The van der Waals surface area contributed by atoms with Crippen LogP contribution in [0.25, 0.3) is 22.7 Å². The van der Waals surface area contributed by atoms with E-state index in [2.05, 4.69) is 44.5 Å². The quantitative estimate of drug-likeness (QED) is 0.420. The van der Waals surface area contributed by atoms with Crippen LogP contribution in [0.3, 0.4) is 0 Å². The van der Waals surface area contributed by atoms with Gasteiger partial charge in [0.1, 0.15) is 11.5 Å². The lowest BCUT2D eigenvalue weighted by Gasteiger charge is -2.12. The van der Waals surface area contributed by atoms with Crippen molar-refractivity contribution in [2.75, 3.05) is 14.1 Å². The molecule has 0 saturated carbocycles. The normalized spacial score (nSPS) is 11.6. The molecular weight excluding hydrogens is 421 g/mol. The smallest absolute Gasteiger partial charge is 0.314 e. The third-order valence-electron chi connectivity index (χ3n) is 4.92. The number of aromatic nitrogens is 5. The maximum Gasteiger partial charge on any atom is 0.314 e. The highest BCUT2D eigenvalue weighted by Crippen LogP contribution is 2.25. The van der Waals surface area contributed by atoms with E-state index in [0.717, 1.165) is 17.7 Å². The van der Waals surface area contributed by atoms with Crippen LogP contribution in [0.15, 0.2) is 47.0 Å². The molecule has 2 aromatic heterocycles. The first-order valence-electron chi connectivity index (χ1n) is 9.85. The fraction of sp³-hybridized carbons (Fsp3) is 0.273. The first kappa shape index (κ1) is 21.7. The monoisotopic (exact) mass is 442 g/mol. The second-order valence-corrected chi connectivity index (χ2v) is 7.73. The van der Waals surface area contributed by atoms with E-state index in [-0.39, 0.29) is 18.0 Å². The molecule has 0 aliphatic carbocycles. The average molecular weight is 442 g/mol. The third-order valence-corrected chi connectivity index (χ3v) is 4.92. The molecule has 7 nitrogen and oxygen atoms in total. The lowest BCUT2D eigenvalue weighted by atomic mass is 10.0. The summed E-state index contributed by atoms with van der Waals surface area (Å²) in [6.45, 7) is 3.06. The zero-order valence-corrected chi connectivity index (χ0v) is 17.8. The topological polar surface area (TPSA) is 72.9 Å². The van der Waals surface area contributed by atoms with E-state index < -0.39 is 18.1 Å². The van der Waals surface area contributed by atoms with Crippen LogP contribution in [0.5, 0.6) is 0 Å². The van der Waals surface area contributed by atoms with Crippen molar-refractivity contribution < 1.29 is 17.6 Å². The fourth-order valence-electron chi connectivity index (χ4n) is 3.30. The molecule has 4 rings (SSSR count). The maximum atomic E-state index is 14.6. The van der Waals surface area contributed by atoms with Crippen molar-refractivity contribution in [3.05, 3.63) is 71.0 Å². The van der Waals surface area contributed by atoms with Crippen molar-refractivity contribution >= 4 is 0 Å². The highest BCUT2D eigenvalue weighted by Gasteiger charge is 2.18. The number of halogens is 3. The van der Waals surface area contributed by atoms with Gasteiger partial charge in [0.05, 0.1) is 12.7 Å². The molecule has 0 N–H and O–H groups in total. The molecule has 0 aliphatic rings. The molecule has 0 bridgehead atoms. The summed E-state index contributed by atoms with van der Waals surface area (Å²) in [6.07, 6.45) is -1.13. The number of aryl methyl sites for hydroxylation is 1. The summed E-state index contributed by atoms with van der Waals surface area (Å²) in [5, 5.41) is 15.1. The molecular formula is C22H21F3N6O. The fourth-order valence-corrected chi connectivity index (χ4v) is 3.30. The highest BCUT2D eigenvalue weighted by molar-refractivity contribution is 5.60. The van der Waals surface area contributed by atoms with Gasteiger partial charge in [-0.05, 0) is 50.3 Å². The van der Waals surface area contributed by atoms with Crippen LogP contribution in [-0.2, 0) is 13.1 Å². The number of alkyl halides is 2. The minimum Gasteiger partial charge on any atom is -0.415 e. The number of hydrogen-bond acceptors (Lipinski definition) is 6. The van der Waals surface area contributed by atoms with E-state index in [0.29, 0.717) is 11.3 Å². The van der Waals surface area contributed by atoms with Crippen molar-refractivity contribution in [1.82, 2.24) is 30.1 Å². The van der Waals surface area contributed by atoms with Gasteiger partial charge in [-0.25, -0.2) is 9.07 Å². The van der Waals surface area contributed by atoms with Crippen LogP contribution in [-0.4, -0.2) is 44.2 Å². The van der Waals surface area contributed by atoms with E-state index in [1.54, 1.807) is 6.20 Å². The Bertz CT molecular complexity index is 1230. The Morgan fingerprint density at radius 3 is 2.41 bits per heavy atom. The van der Waals surface area contributed by atoms with Crippen molar-refractivity contribution in [3.63, 3.8) is 0 Å². The molecule has 2 heterocycles. The van der Waals surface area contributed by atoms with Crippen LogP contribution >= 0.6 is 0 Å². The number of nitrogens with zero attached hydrogens (tertiary/aromatic N) is 6. The molecule has 32 heavy (non-hydrogen) atoms. The summed E-state index contributed by atoms with van der Waals surface area (Å²) in [7, 11) is 4.04. The van der Waals surface area contributed by atoms with Crippen molar-refractivity contribution in [2.24, 2.45) is 0 Å². The molecule has 0 saturated heterocycles. The molecule has 10 heteroatoms. The van der Waals surface area contributed by atoms with Gasteiger partial charge in [0, 0.05) is 23.2 Å². The summed E-state index contributed by atoms with van der Waals surface area (Å²) in [6, 6.07) is 10.3. The molecule has 0 spiro atoms. The minimum atomic E-state index is -2.88. The van der Waals surface area contributed by atoms with Gasteiger partial charge in [-0.2, -0.15) is 8.78 Å². The second-order valence-electron chi connectivity index (χ2n) is 7.73. The molecule has 0 radical (unpaired) electrons. The van der Waals surface area contributed by atoms with Gasteiger partial charge >= 0.3 is 6.43 Å². The van der Waals surface area contributed by atoms with Gasteiger partial charge in [-0.3, -0.25) is 0 Å². The first-order chi connectivity index (χ1) is 15.3. The van der Waals surface area contributed by atoms with E-state index >= 15 is 0 Å². The van der Waals surface area contributed by atoms with E-state index in [9.17, 15) is 13.2 Å². The molecule has 0 aliphatic heterocycles. The summed E-state index contributed by atoms with van der Waals surface area (Å²) >= 11 is 0. The predicted molar refractivity (Wildman–Crippen MR) is 111 cm³/mol. The lowest BCUT2D eigenvalue weighted by molar-refractivity contribution is 0.116. The molecule has 166 valence electrons. The number of rotatable bonds is 7. The van der Waals surface area contributed by atoms with Gasteiger partial charge in [0.25, 0.3) is 5.89 Å². The Labute approximate surface area is 182 Å². The largest absolute Gasteiger partial charge is 0.415 e. The predicted octanol–water partition coefficient (Wildman–Crippen LogP) is 4.49. The second kappa shape index (κ2) is 8.91. The van der Waals surface area contributed by atoms with Crippen molar-refractivity contribution in [3.8, 4) is 22.7 Å². The first-order valence-corrected chi connectivity index (χ1v) is 9.85. The van der Waals surface area contributed by atoms with Crippen LogP contribution in [0.1, 0.15) is 29.0 Å². The Hall–Kier alpha value is -3.53. The Balaban J connectivity index is 1.50. The van der Waals surface area contributed by atoms with Gasteiger partial charge in [0.15, 0.2) is 0 Å². The van der Waals surface area contributed by atoms with Crippen LogP contribution in [0.2, 0.25) is 0 Å². The average Bonchev–Trinajstić information content (AvgIpc) is 3.41. The Kier molecular flexibility index (Phi) is 6.04. The van der Waals surface area contributed by atoms with E-state index in [1.807, 2.05) is 20.2 Å². The minimum absolute atomic E-state index is 0.156. The molecule has 2 aromatic carbocycles. The third kappa shape index (κ3) is 4.70. The SMILES string of the molecule is Cc1cc(-c2cn(Cc3ccc(-c4nnc(C(F)F)o4)cc3F)nn2)ccc1CN(C)C. The summed E-state index contributed by atoms with van der Waals surface area (Å²) in [5.41, 5.74) is 4.58. The molecule has 4 aromatic rings. The van der Waals surface area contributed by atoms with Gasteiger partial charge in [-0.1, -0.05) is 23.4 Å². The highest BCUT2D eigenvalue weighted by atomic mass is 19.3. The zero-order valence-electron chi connectivity index (χ0n) is 17.8. The molecule has 0 unspecified atom stereocenters. The zero-order chi connectivity index (χ0) is 22.8. The van der Waals surface area contributed by atoms with Gasteiger partial charge in [-0.15, -0.1) is 15.3 Å². The van der Waals surface area contributed by atoms with Crippen molar-refractivity contribution in [1.29, 1.82) is 0 Å². The summed E-state index contributed by atoms with van der Waals surface area (Å²) in [4.78, 5) is 2.11. The number of hydrogen-bond donors (Lipinski definition) is 0. The Morgan fingerprint density at radius 1 is 1.00 bits per heavy atom. The van der Waals surface area contributed by atoms with Crippen molar-refractivity contribution in [2.45, 2.75) is 26.4 Å². The molecule has 0 amide bonds. The number of benzene rings is 2. The maximum absolute atomic E-state index is 14.6. The van der Waals surface area contributed by atoms with Crippen LogP contribution < -0.4 is 0 Å². The van der Waals surface area contributed by atoms with E-state index in [4.69, 9.17) is 4.42 Å². The van der Waals surface area contributed by atoms with Crippen LogP contribution in [0, 0.1) is 12.7 Å². The molecule has 0 atom stereocenters. The van der Waals surface area contributed by atoms with Gasteiger partial charge in [0.2, 0.25) is 5.89 Å². The Morgan fingerprint density at radius 2 is 1.75 bits per heavy atom. The summed E-state index contributed by atoms with van der Waals surface area (Å²) < 4.78 is 46.2. The van der Waals surface area contributed by atoms with E-state index in [1.165, 1.54) is 28.4 Å². The van der Waals surface area contributed by atoms with Crippen LogP contribution in [0.4, 0.5) is 13.2 Å². The van der Waals surface area contributed by atoms with Gasteiger partial charge < -0.3 is 9.32 Å². The standard InChI is InChI=1S/C22H21F3N6O/c1-13-8-14(4-6-16(13)10-30(2)3)19-12-31(29-26-19)11-17-7-5-15(9-18(17)23)21-27-28-22(32-21)20(24)25/h4-9,12,20H,10-11H2,1-3H3. The molecule has 0 fully saturated rings. The lowest BCUT2D eigenvalue weighted by Crippen LogP contribution is -2.11.